The summed E-state index contributed by atoms with van der Waals surface area (Å²) in [6.07, 6.45) is 1.02. The zero-order chi connectivity index (χ0) is 13.4. The van der Waals surface area contributed by atoms with E-state index in [-0.39, 0.29) is 6.61 Å². The number of fused-ring (bicyclic) bond motifs is 1. The minimum Gasteiger partial charge on any atom is -0.390 e. The number of imidazole rings is 1. The van der Waals surface area contributed by atoms with Crippen molar-refractivity contribution in [2.75, 3.05) is 0 Å². The van der Waals surface area contributed by atoms with E-state index in [0.717, 1.165) is 33.3 Å². The number of nitrogens with zero attached hydrogens (tertiary/aromatic N) is 3. The quantitative estimate of drug-likeness (QED) is 0.798. The maximum Gasteiger partial charge on any atom is 0.213 e. The highest BCUT2D eigenvalue weighted by Gasteiger charge is 2.16. The van der Waals surface area contributed by atoms with Crippen LogP contribution in [0.4, 0.5) is 0 Å². The molecule has 0 saturated carbocycles. The first kappa shape index (κ1) is 12.3. The third-order valence-corrected chi connectivity index (χ3v) is 4.01. The molecule has 3 aromatic rings. The van der Waals surface area contributed by atoms with E-state index in [4.69, 9.17) is 0 Å². The second-order valence-electron chi connectivity index (χ2n) is 4.43. The lowest BCUT2D eigenvalue weighted by Gasteiger charge is -2.02. The first-order valence-electron chi connectivity index (χ1n) is 6.28. The van der Waals surface area contributed by atoms with Crippen molar-refractivity contribution in [2.24, 2.45) is 0 Å². The van der Waals surface area contributed by atoms with Crippen molar-refractivity contribution in [2.45, 2.75) is 26.9 Å². The highest BCUT2D eigenvalue weighted by atomic mass is 32.1. The van der Waals surface area contributed by atoms with Gasteiger partial charge in [-0.05, 0) is 18.9 Å². The number of aliphatic hydroxyl groups is 1. The Morgan fingerprint density at radius 1 is 1.26 bits per heavy atom. The number of aromatic nitrogens is 3. The standard InChI is InChI=1S/C14H15N3OS/c1-3-10-4-6-11(7-5-10)13-12(8-18)17-14(15-13)19-9(2)16-17/h4-7,18H,3,8H2,1-2H3. The number of aryl methyl sites for hydroxylation is 2. The van der Waals surface area contributed by atoms with E-state index in [0.29, 0.717) is 0 Å². The lowest BCUT2D eigenvalue weighted by molar-refractivity contribution is 0.275. The van der Waals surface area contributed by atoms with E-state index in [9.17, 15) is 5.11 Å². The average Bonchev–Trinajstić information content (AvgIpc) is 2.94. The SMILES string of the molecule is CCc1ccc(-c2nc3sc(C)nn3c2CO)cc1. The normalized spacial score (nSPS) is 11.3. The summed E-state index contributed by atoms with van der Waals surface area (Å²) < 4.78 is 1.74. The molecule has 2 aromatic heterocycles. The van der Waals surface area contributed by atoms with Crippen molar-refractivity contribution in [3.8, 4) is 11.3 Å². The molecular weight excluding hydrogens is 258 g/mol. The summed E-state index contributed by atoms with van der Waals surface area (Å²) >= 11 is 1.53. The first-order chi connectivity index (χ1) is 9.22. The third kappa shape index (κ3) is 2.05. The van der Waals surface area contributed by atoms with E-state index < -0.39 is 0 Å². The number of benzene rings is 1. The van der Waals surface area contributed by atoms with Crippen LogP contribution < -0.4 is 0 Å². The van der Waals surface area contributed by atoms with Gasteiger partial charge in [-0.15, -0.1) is 0 Å². The second-order valence-corrected chi connectivity index (χ2v) is 5.59. The molecule has 4 nitrogen and oxygen atoms in total. The first-order valence-corrected chi connectivity index (χ1v) is 7.09. The number of hydrogen-bond donors (Lipinski definition) is 1. The van der Waals surface area contributed by atoms with Crippen LogP contribution >= 0.6 is 11.3 Å². The number of aliphatic hydroxyl groups excluding tert-OH is 1. The topological polar surface area (TPSA) is 50.4 Å². The van der Waals surface area contributed by atoms with Gasteiger partial charge < -0.3 is 5.11 Å². The molecule has 0 radical (unpaired) electrons. The fourth-order valence-corrected chi connectivity index (χ4v) is 2.92. The summed E-state index contributed by atoms with van der Waals surface area (Å²) in [5.41, 5.74) is 3.90. The fraction of sp³-hybridized carbons (Fsp3) is 0.286. The molecule has 1 aromatic carbocycles. The molecule has 0 saturated heterocycles. The van der Waals surface area contributed by atoms with Crippen LogP contribution in [0.3, 0.4) is 0 Å². The average molecular weight is 273 g/mol. The summed E-state index contributed by atoms with van der Waals surface area (Å²) in [7, 11) is 0. The van der Waals surface area contributed by atoms with Gasteiger partial charge in [0.15, 0.2) is 0 Å². The fourth-order valence-electron chi connectivity index (χ4n) is 2.16. The van der Waals surface area contributed by atoms with Crippen molar-refractivity contribution in [1.29, 1.82) is 0 Å². The lowest BCUT2D eigenvalue weighted by Crippen LogP contribution is -1.95. The molecule has 1 N–H and O–H groups in total. The van der Waals surface area contributed by atoms with Crippen LogP contribution in [-0.4, -0.2) is 19.7 Å². The van der Waals surface area contributed by atoms with Crippen LogP contribution in [0.5, 0.6) is 0 Å². The Morgan fingerprint density at radius 2 is 2.00 bits per heavy atom. The molecule has 5 heteroatoms. The van der Waals surface area contributed by atoms with Crippen LogP contribution in [0.2, 0.25) is 0 Å². The molecule has 0 amide bonds. The van der Waals surface area contributed by atoms with Gasteiger partial charge in [-0.3, -0.25) is 0 Å². The molecule has 0 unspecified atom stereocenters. The minimum absolute atomic E-state index is 0.0603. The van der Waals surface area contributed by atoms with Crippen molar-refractivity contribution in [1.82, 2.24) is 14.6 Å². The van der Waals surface area contributed by atoms with E-state index in [2.05, 4.69) is 41.3 Å². The Bertz CT molecular complexity index is 712. The molecule has 0 atom stereocenters. The molecule has 0 fully saturated rings. The monoisotopic (exact) mass is 273 g/mol. The van der Waals surface area contributed by atoms with Crippen LogP contribution in [0.15, 0.2) is 24.3 Å². The predicted octanol–water partition coefficient (Wildman–Crippen LogP) is 2.82. The van der Waals surface area contributed by atoms with Crippen LogP contribution in [0.1, 0.15) is 23.2 Å². The maximum absolute atomic E-state index is 9.58. The van der Waals surface area contributed by atoms with E-state index in [1.54, 1.807) is 4.52 Å². The van der Waals surface area contributed by atoms with Gasteiger partial charge in [-0.1, -0.05) is 42.5 Å². The van der Waals surface area contributed by atoms with Gasteiger partial charge in [0.2, 0.25) is 4.96 Å². The Kier molecular flexibility index (Phi) is 3.08. The van der Waals surface area contributed by atoms with Crippen molar-refractivity contribution < 1.29 is 5.11 Å². The Morgan fingerprint density at radius 3 is 2.63 bits per heavy atom. The summed E-state index contributed by atoms with van der Waals surface area (Å²) in [5.74, 6) is 0. The van der Waals surface area contributed by atoms with E-state index in [1.165, 1.54) is 16.9 Å². The molecule has 98 valence electrons. The lowest BCUT2D eigenvalue weighted by atomic mass is 10.1. The molecule has 2 heterocycles. The number of rotatable bonds is 3. The molecule has 0 spiro atoms. The van der Waals surface area contributed by atoms with Crippen molar-refractivity contribution in [3.05, 3.63) is 40.5 Å². The third-order valence-electron chi connectivity index (χ3n) is 3.18. The molecule has 0 aliphatic rings. The number of hydrogen-bond acceptors (Lipinski definition) is 4. The van der Waals surface area contributed by atoms with Gasteiger partial charge in [-0.2, -0.15) is 5.10 Å². The molecule has 19 heavy (non-hydrogen) atoms. The summed E-state index contributed by atoms with van der Waals surface area (Å²) in [5, 5.41) is 14.9. The van der Waals surface area contributed by atoms with Crippen molar-refractivity contribution >= 4 is 16.3 Å². The van der Waals surface area contributed by atoms with E-state index in [1.807, 2.05) is 6.92 Å². The minimum atomic E-state index is -0.0603. The largest absolute Gasteiger partial charge is 0.390 e. The molecule has 3 rings (SSSR count). The molecule has 0 aliphatic carbocycles. The maximum atomic E-state index is 9.58. The Labute approximate surface area is 115 Å². The Hall–Kier alpha value is -1.72. The highest BCUT2D eigenvalue weighted by molar-refractivity contribution is 7.16. The van der Waals surface area contributed by atoms with E-state index >= 15 is 0 Å². The molecular formula is C14H15N3OS. The zero-order valence-electron chi connectivity index (χ0n) is 10.9. The Balaban J connectivity index is 2.14. The van der Waals surface area contributed by atoms with Crippen LogP contribution in [-0.2, 0) is 13.0 Å². The summed E-state index contributed by atoms with van der Waals surface area (Å²) in [4.78, 5) is 5.42. The van der Waals surface area contributed by atoms with Crippen LogP contribution in [0.25, 0.3) is 16.2 Å². The van der Waals surface area contributed by atoms with Gasteiger partial charge in [0.05, 0.1) is 18.0 Å². The smallest absolute Gasteiger partial charge is 0.213 e. The zero-order valence-corrected chi connectivity index (χ0v) is 11.7. The van der Waals surface area contributed by atoms with Gasteiger partial charge >= 0.3 is 0 Å². The van der Waals surface area contributed by atoms with Gasteiger partial charge in [0.25, 0.3) is 0 Å². The van der Waals surface area contributed by atoms with Gasteiger partial charge in [-0.25, -0.2) is 9.50 Å². The summed E-state index contributed by atoms with van der Waals surface area (Å²) in [6.45, 7) is 4.01. The van der Waals surface area contributed by atoms with Crippen molar-refractivity contribution in [3.63, 3.8) is 0 Å². The summed E-state index contributed by atoms with van der Waals surface area (Å²) in [6, 6.07) is 8.31. The van der Waals surface area contributed by atoms with Crippen LogP contribution in [0, 0.1) is 6.92 Å². The second kappa shape index (κ2) is 4.75. The highest BCUT2D eigenvalue weighted by Crippen LogP contribution is 2.27. The predicted molar refractivity (Wildman–Crippen MR) is 76.3 cm³/mol. The molecule has 0 bridgehead atoms. The van der Waals surface area contributed by atoms with Gasteiger partial charge in [0.1, 0.15) is 5.01 Å². The molecule has 0 aliphatic heterocycles. The van der Waals surface area contributed by atoms with Gasteiger partial charge in [0, 0.05) is 5.56 Å².